The number of nitrogens with one attached hydrogen (secondary N) is 3. The molecular formula is C34H32ClN3O5S. The van der Waals surface area contributed by atoms with E-state index in [1.54, 1.807) is 97.9 Å². The largest absolute Gasteiger partial charge is 0.493 e. The van der Waals surface area contributed by atoms with Crippen LogP contribution in [0, 0.1) is 6.92 Å². The second-order valence-electron chi connectivity index (χ2n) is 9.64. The minimum absolute atomic E-state index is 0.0220. The van der Waals surface area contributed by atoms with Crippen molar-refractivity contribution in [2.24, 2.45) is 0 Å². The first kappa shape index (κ1) is 32.2. The van der Waals surface area contributed by atoms with E-state index >= 15 is 0 Å². The highest BCUT2D eigenvalue weighted by Gasteiger charge is 2.18. The zero-order chi connectivity index (χ0) is 31.6. The lowest BCUT2D eigenvalue weighted by atomic mass is 10.1. The van der Waals surface area contributed by atoms with Crippen molar-refractivity contribution in [2.45, 2.75) is 24.0 Å². The Morgan fingerprint density at radius 1 is 0.841 bits per heavy atom. The normalized spacial score (nSPS) is 11.7. The second-order valence-corrected chi connectivity index (χ2v) is 11.5. The van der Waals surface area contributed by atoms with Crippen LogP contribution < -0.4 is 25.4 Å². The summed E-state index contributed by atoms with van der Waals surface area (Å²) in [4.78, 5) is 40.2. The van der Waals surface area contributed by atoms with Gasteiger partial charge >= 0.3 is 0 Å². The first-order valence-electron chi connectivity index (χ1n) is 13.6. The molecule has 1 unspecified atom stereocenters. The molecule has 0 aliphatic rings. The van der Waals surface area contributed by atoms with E-state index in [0.29, 0.717) is 39.0 Å². The number of halogens is 1. The SMILES string of the molecule is COc1ccc(/C=C(/NC(=O)c2ccccc2)C(=O)Nc2cccc(SC(C)C(=O)Nc3cccc(Cl)c3C)c2)cc1OC. The summed E-state index contributed by atoms with van der Waals surface area (Å²) in [6.45, 7) is 3.65. The summed E-state index contributed by atoms with van der Waals surface area (Å²) < 4.78 is 10.7. The minimum atomic E-state index is -0.534. The first-order valence-corrected chi connectivity index (χ1v) is 14.9. The molecule has 0 fully saturated rings. The molecule has 10 heteroatoms. The average molecular weight is 630 g/mol. The van der Waals surface area contributed by atoms with Gasteiger partial charge in [0.25, 0.3) is 11.8 Å². The Bertz CT molecular complexity index is 1690. The second kappa shape index (κ2) is 15.1. The van der Waals surface area contributed by atoms with Crippen molar-refractivity contribution < 1.29 is 23.9 Å². The van der Waals surface area contributed by atoms with Gasteiger partial charge in [0.2, 0.25) is 5.91 Å². The fourth-order valence-corrected chi connectivity index (χ4v) is 5.23. The van der Waals surface area contributed by atoms with Crippen molar-refractivity contribution in [1.82, 2.24) is 5.32 Å². The Morgan fingerprint density at radius 2 is 1.57 bits per heavy atom. The van der Waals surface area contributed by atoms with Gasteiger partial charge in [0.15, 0.2) is 11.5 Å². The van der Waals surface area contributed by atoms with Gasteiger partial charge in [-0.3, -0.25) is 14.4 Å². The Balaban J connectivity index is 1.52. The fourth-order valence-electron chi connectivity index (χ4n) is 4.13. The summed E-state index contributed by atoms with van der Waals surface area (Å²) in [7, 11) is 3.05. The van der Waals surface area contributed by atoms with Gasteiger partial charge in [-0.2, -0.15) is 0 Å². The van der Waals surface area contributed by atoms with Gasteiger partial charge in [0, 0.05) is 26.9 Å². The van der Waals surface area contributed by atoms with E-state index < -0.39 is 17.1 Å². The van der Waals surface area contributed by atoms with Crippen molar-refractivity contribution >= 4 is 58.5 Å². The topological polar surface area (TPSA) is 106 Å². The molecule has 0 aliphatic heterocycles. The maximum atomic E-state index is 13.5. The van der Waals surface area contributed by atoms with Crippen LogP contribution in [0.3, 0.4) is 0 Å². The molecule has 0 heterocycles. The molecule has 226 valence electrons. The number of hydrogen-bond donors (Lipinski definition) is 3. The molecule has 0 radical (unpaired) electrons. The highest BCUT2D eigenvalue weighted by atomic mass is 35.5. The fraction of sp³-hybridized carbons (Fsp3) is 0.147. The van der Waals surface area contributed by atoms with Crippen LogP contribution in [0.5, 0.6) is 11.5 Å². The summed E-state index contributed by atoms with van der Waals surface area (Å²) in [5.41, 5.74) is 2.97. The molecule has 0 spiro atoms. The quantitative estimate of drug-likeness (QED) is 0.120. The van der Waals surface area contributed by atoms with Crippen LogP contribution in [0.25, 0.3) is 6.08 Å². The number of thioether (sulfide) groups is 1. The van der Waals surface area contributed by atoms with Gasteiger partial charge in [-0.05, 0) is 85.6 Å². The summed E-state index contributed by atoms with van der Waals surface area (Å²) in [6.07, 6.45) is 1.56. The molecule has 4 aromatic carbocycles. The maximum Gasteiger partial charge on any atom is 0.272 e. The number of rotatable bonds is 11. The van der Waals surface area contributed by atoms with Crippen LogP contribution in [0.2, 0.25) is 5.02 Å². The Kier molecular flexibility index (Phi) is 11.1. The molecule has 0 bridgehead atoms. The Morgan fingerprint density at radius 3 is 2.30 bits per heavy atom. The van der Waals surface area contributed by atoms with Crippen molar-refractivity contribution in [3.05, 3.63) is 118 Å². The van der Waals surface area contributed by atoms with E-state index in [9.17, 15) is 14.4 Å². The molecule has 0 saturated carbocycles. The van der Waals surface area contributed by atoms with Gasteiger partial charge < -0.3 is 25.4 Å². The van der Waals surface area contributed by atoms with Gasteiger partial charge in [0.1, 0.15) is 5.70 Å². The van der Waals surface area contributed by atoms with E-state index in [2.05, 4.69) is 16.0 Å². The predicted octanol–water partition coefficient (Wildman–Crippen LogP) is 7.19. The molecule has 44 heavy (non-hydrogen) atoms. The van der Waals surface area contributed by atoms with Crippen molar-refractivity contribution in [3.63, 3.8) is 0 Å². The molecule has 3 amide bonds. The van der Waals surface area contributed by atoms with Gasteiger partial charge in [-0.25, -0.2) is 0 Å². The molecule has 3 N–H and O–H groups in total. The molecule has 0 saturated heterocycles. The number of benzene rings is 4. The maximum absolute atomic E-state index is 13.5. The third-order valence-electron chi connectivity index (χ3n) is 6.55. The third-order valence-corrected chi connectivity index (χ3v) is 8.05. The lowest BCUT2D eigenvalue weighted by molar-refractivity contribution is -0.115. The summed E-state index contributed by atoms with van der Waals surface area (Å²) >= 11 is 7.53. The van der Waals surface area contributed by atoms with E-state index in [1.807, 2.05) is 13.0 Å². The molecule has 1 atom stereocenters. The standard InChI is InChI=1S/C34H32ClN3O5S/c1-21-27(35)14-9-15-28(21)37-32(39)22(2)44-26-13-8-12-25(20-26)36-34(41)29(38-33(40)24-10-6-5-7-11-24)18-23-16-17-30(42-3)31(19-23)43-4/h5-20,22H,1-4H3,(H,36,41)(H,37,39)(H,38,40)/b29-18+. The molecule has 4 aromatic rings. The number of anilines is 2. The monoisotopic (exact) mass is 629 g/mol. The van der Waals surface area contributed by atoms with Gasteiger partial charge in [-0.15, -0.1) is 11.8 Å². The smallest absolute Gasteiger partial charge is 0.272 e. The van der Waals surface area contributed by atoms with E-state index in [0.717, 1.165) is 10.5 Å². The zero-order valence-corrected chi connectivity index (χ0v) is 26.2. The predicted molar refractivity (Wildman–Crippen MR) is 177 cm³/mol. The first-order chi connectivity index (χ1) is 21.2. The van der Waals surface area contributed by atoms with Crippen LogP contribution >= 0.6 is 23.4 Å². The third kappa shape index (κ3) is 8.43. The number of hydrogen-bond acceptors (Lipinski definition) is 6. The summed E-state index contributed by atoms with van der Waals surface area (Å²) in [5.74, 6) is -0.147. The molecular weight excluding hydrogens is 598 g/mol. The highest BCUT2D eigenvalue weighted by molar-refractivity contribution is 8.00. The molecule has 0 aliphatic carbocycles. The van der Waals surface area contributed by atoms with Crippen LogP contribution in [-0.2, 0) is 9.59 Å². The van der Waals surface area contributed by atoms with Crippen LogP contribution in [-0.4, -0.2) is 37.2 Å². The Hall–Kier alpha value is -4.73. The molecule has 4 rings (SSSR count). The van der Waals surface area contributed by atoms with Crippen LogP contribution in [0.4, 0.5) is 11.4 Å². The van der Waals surface area contributed by atoms with Crippen LogP contribution in [0.1, 0.15) is 28.4 Å². The van der Waals surface area contributed by atoms with Crippen molar-refractivity contribution in [2.75, 3.05) is 24.9 Å². The summed E-state index contributed by atoms with van der Waals surface area (Å²) in [6, 6.07) is 26.3. The number of carbonyl (C=O) groups excluding carboxylic acids is 3. The van der Waals surface area contributed by atoms with E-state index in [4.69, 9.17) is 21.1 Å². The zero-order valence-electron chi connectivity index (χ0n) is 24.6. The lowest BCUT2D eigenvalue weighted by Crippen LogP contribution is -2.30. The average Bonchev–Trinajstić information content (AvgIpc) is 3.03. The lowest BCUT2D eigenvalue weighted by Gasteiger charge is -2.15. The summed E-state index contributed by atoms with van der Waals surface area (Å²) in [5, 5.41) is 8.65. The molecule has 8 nitrogen and oxygen atoms in total. The van der Waals surface area contributed by atoms with Gasteiger partial charge in [0.05, 0.1) is 19.5 Å². The van der Waals surface area contributed by atoms with E-state index in [1.165, 1.54) is 26.0 Å². The van der Waals surface area contributed by atoms with Crippen LogP contribution in [0.15, 0.2) is 102 Å². The minimum Gasteiger partial charge on any atom is -0.493 e. The number of amides is 3. The van der Waals surface area contributed by atoms with E-state index in [-0.39, 0.29) is 11.6 Å². The van der Waals surface area contributed by atoms with Crippen molar-refractivity contribution in [1.29, 1.82) is 0 Å². The number of methoxy groups -OCH3 is 2. The number of carbonyl (C=O) groups is 3. The Labute approximate surface area is 265 Å². The highest BCUT2D eigenvalue weighted by Crippen LogP contribution is 2.30. The van der Waals surface area contributed by atoms with Gasteiger partial charge in [-0.1, -0.05) is 48.0 Å². The number of ether oxygens (including phenoxy) is 2. The molecule has 0 aromatic heterocycles. The van der Waals surface area contributed by atoms with Crippen molar-refractivity contribution in [3.8, 4) is 11.5 Å².